The molecule has 132 valence electrons. The van der Waals surface area contributed by atoms with Gasteiger partial charge in [0.15, 0.2) is 11.5 Å². The second kappa shape index (κ2) is 5.65. The van der Waals surface area contributed by atoms with E-state index in [0.29, 0.717) is 17.2 Å². The number of urea groups is 1. The molecule has 1 saturated carbocycles. The first kappa shape index (κ1) is 15.7. The minimum absolute atomic E-state index is 0.00177. The van der Waals surface area contributed by atoms with E-state index in [1.54, 1.807) is 18.2 Å². The number of carbonyl (C=O) groups excluding carboxylic acids is 3. The maximum absolute atomic E-state index is 12.2. The maximum atomic E-state index is 12.2. The molecule has 2 fully saturated rings. The summed E-state index contributed by atoms with van der Waals surface area (Å²) in [6.07, 6.45) is 3.86. The monoisotopic (exact) mass is 345 g/mol. The van der Waals surface area contributed by atoms with E-state index < -0.39 is 17.7 Å². The number of amides is 4. The number of benzene rings is 1. The number of likely N-dealkylation sites (N-methyl/N-ethyl adjacent to an activating group) is 1. The van der Waals surface area contributed by atoms with Gasteiger partial charge in [-0.25, -0.2) is 4.79 Å². The summed E-state index contributed by atoms with van der Waals surface area (Å²) >= 11 is 0. The first-order valence-corrected chi connectivity index (χ1v) is 8.33. The van der Waals surface area contributed by atoms with Crippen molar-refractivity contribution in [2.24, 2.45) is 0 Å². The Morgan fingerprint density at radius 1 is 1.20 bits per heavy atom. The fraction of sp³-hybridized carbons (Fsp3) is 0.471. The zero-order chi connectivity index (χ0) is 17.6. The van der Waals surface area contributed by atoms with Crippen LogP contribution in [0.15, 0.2) is 18.2 Å². The Balaban J connectivity index is 1.42. The SMILES string of the molecule is CN1CC(=O)N(CC(=O)Nc2ccc3c(c2)OC2(CCCC2)O3)C1=O. The zero-order valence-electron chi connectivity index (χ0n) is 13.9. The van der Waals surface area contributed by atoms with Gasteiger partial charge in [-0.1, -0.05) is 0 Å². The van der Waals surface area contributed by atoms with Crippen molar-refractivity contribution in [3.8, 4) is 11.5 Å². The van der Waals surface area contributed by atoms with E-state index in [2.05, 4.69) is 5.32 Å². The van der Waals surface area contributed by atoms with Gasteiger partial charge in [-0.2, -0.15) is 0 Å². The van der Waals surface area contributed by atoms with Crippen LogP contribution in [0.3, 0.4) is 0 Å². The van der Waals surface area contributed by atoms with Gasteiger partial charge in [0.05, 0.1) is 0 Å². The summed E-state index contributed by atoms with van der Waals surface area (Å²) in [5.74, 6) is -0.0913. The van der Waals surface area contributed by atoms with Gasteiger partial charge in [0.2, 0.25) is 5.91 Å². The Hall–Kier alpha value is -2.77. The van der Waals surface area contributed by atoms with Gasteiger partial charge in [-0.05, 0) is 25.0 Å². The van der Waals surface area contributed by atoms with Gasteiger partial charge in [0.25, 0.3) is 11.7 Å². The van der Waals surface area contributed by atoms with Crippen molar-refractivity contribution in [1.82, 2.24) is 9.80 Å². The average Bonchev–Trinajstić information content (AvgIpc) is 3.22. The third-order valence-electron chi connectivity index (χ3n) is 4.72. The van der Waals surface area contributed by atoms with E-state index in [0.717, 1.165) is 30.6 Å². The standard InChI is InChI=1S/C17H19N3O5/c1-19-10-15(22)20(16(19)23)9-14(21)18-11-4-5-12-13(8-11)25-17(24-12)6-2-3-7-17/h4-5,8H,2-3,6-7,9-10H2,1H3,(H,18,21). The van der Waals surface area contributed by atoms with E-state index in [9.17, 15) is 14.4 Å². The first-order chi connectivity index (χ1) is 12.0. The van der Waals surface area contributed by atoms with E-state index in [1.807, 2.05) is 0 Å². The molecule has 1 aromatic rings. The van der Waals surface area contributed by atoms with Crippen molar-refractivity contribution in [3.05, 3.63) is 18.2 Å². The number of fused-ring (bicyclic) bond motifs is 1. The minimum atomic E-state index is -0.552. The number of anilines is 1. The molecular formula is C17H19N3O5. The van der Waals surface area contributed by atoms with Crippen LogP contribution in [0, 0.1) is 0 Å². The predicted octanol–water partition coefficient (Wildman–Crippen LogP) is 1.56. The fourth-order valence-corrected chi connectivity index (χ4v) is 3.46. The van der Waals surface area contributed by atoms with Crippen LogP contribution in [-0.2, 0) is 9.59 Å². The minimum Gasteiger partial charge on any atom is -0.448 e. The fourth-order valence-electron chi connectivity index (χ4n) is 3.46. The molecule has 1 saturated heterocycles. The van der Waals surface area contributed by atoms with Crippen LogP contribution in [0.2, 0.25) is 0 Å². The number of ether oxygens (including phenoxy) is 2. The van der Waals surface area contributed by atoms with E-state index in [-0.39, 0.29) is 19.0 Å². The molecule has 0 unspecified atom stereocenters. The molecule has 3 aliphatic rings. The quantitative estimate of drug-likeness (QED) is 0.840. The highest BCUT2D eigenvalue weighted by Gasteiger charge is 2.44. The van der Waals surface area contributed by atoms with Gasteiger partial charge in [-0.15, -0.1) is 0 Å². The lowest BCUT2D eigenvalue weighted by molar-refractivity contribution is -0.129. The molecule has 2 heterocycles. The van der Waals surface area contributed by atoms with E-state index >= 15 is 0 Å². The number of rotatable bonds is 3. The molecule has 1 aromatic carbocycles. The molecule has 4 amide bonds. The molecular weight excluding hydrogens is 326 g/mol. The summed E-state index contributed by atoms with van der Waals surface area (Å²) in [6, 6.07) is 4.72. The van der Waals surface area contributed by atoms with Crippen molar-refractivity contribution in [1.29, 1.82) is 0 Å². The summed E-state index contributed by atoms with van der Waals surface area (Å²) < 4.78 is 11.9. The third-order valence-corrected chi connectivity index (χ3v) is 4.72. The van der Waals surface area contributed by atoms with Gasteiger partial charge < -0.3 is 19.7 Å². The van der Waals surface area contributed by atoms with Crippen LogP contribution in [0.25, 0.3) is 0 Å². The van der Waals surface area contributed by atoms with Crippen molar-refractivity contribution < 1.29 is 23.9 Å². The van der Waals surface area contributed by atoms with Crippen LogP contribution in [0.5, 0.6) is 11.5 Å². The number of hydrogen-bond donors (Lipinski definition) is 1. The molecule has 0 bridgehead atoms. The van der Waals surface area contributed by atoms with Gasteiger partial charge >= 0.3 is 6.03 Å². The Kier molecular flexibility index (Phi) is 3.55. The van der Waals surface area contributed by atoms with Crippen LogP contribution in [-0.4, -0.2) is 53.6 Å². The topological polar surface area (TPSA) is 88.2 Å². The Morgan fingerprint density at radius 3 is 2.60 bits per heavy atom. The zero-order valence-corrected chi connectivity index (χ0v) is 13.9. The van der Waals surface area contributed by atoms with Crippen LogP contribution < -0.4 is 14.8 Å². The highest BCUT2D eigenvalue weighted by Crippen LogP contribution is 2.47. The summed E-state index contributed by atoms with van der Waals surface area (Å²) in [4.78, 5) is 37.9. The van der Waals surface area contributed by atoms with Gasteiger partial charge in [-0.3, -0.25) is 14.5 Å². The van der Waals surface area contributed by atoms with Gasteiger partial charge in [0, 0.05) is 31.6 Å². The summed E-state index contributed by atoms with van der Waals surface area (Å²) in [5.41, 5.74) is 0.537. The molecule has 2 aliphatic heterocycles. The molecule has 25 heavy (non-hydrogen) atoms. The maximum Gasteiger partial charge on any atom is 0.327 e. The lowest BCUT2D eigenvalue weighted by Gasteiger charge is -2.21. The van der Waals surface area contributed by atoms with Crippen LogP contribution in [0.4, 0.5) is 10.5 Å². The second-order valence-electron chi connectivity index (χ2n) is 6.65. The highest BCUT2D eigenvalue weighted by atomic mass is 16.7. The average molecular weight is 345 g/mol. The summed E-state index contributed by atoms with van der Waals surface area (Å²) in [7, 11) is 1.52. The lowest BCUT2D eigenvalue weighted by Crippen LogP contribution is -2.38. The summed E-state index contributed by atoms with van der Waals surface area (Å²) in [6.45, 7) is -0.307. The summed E-state index contributed by atoms with van der Waals surface area (Å²) in [5, 5.41) is 2.69. The van der Waals surface area contributed by atoms with E-state index in [4.69, 9.17) is 9.47 Å². The number of carbonyl (C=O) groups is 3. The predicted molar refractivity (Wildman–Crippen MR) is 87.3 cm³/mol. The van der Waals surface area contributed by atoms with Crippen molar-refractivity contribution in [2.75, 3.05) is 25.5 Å². The Labute approximate surface area is 144 Å². The van der Waals surface area contributed by atoms with Crippen LogP contribution in [0.1, 0.15) is 25.7 Å². The molecule has 0 radical (unpaired) electrons. The number of nitrogens with one attached hydrogen (secondary N) is 1. The molecule has 1 spiro atoms. The smallest absolute Gasteiger partial charge is 0.327 e. The number of hydrogen-bond acceptors (Lipinski definition) is 5. The highest BCUT2D eigenvalue weighted by molar-refractivity contribution is 6.06. The molecule has 1 aliphatic carbocycles. The molecule has 1 N–H and O–H groups in total. The van der Waals surface area contributed by atoms with Crippen molar-refractivity contribution in [3.63, 3.8) is 0 Å². The number of nitrogens with zero attached hydrogens (tertiary/aromatic N) is 2. The third kappa shape index (κ3) is 2.77. The molecule has 0 atom stereocenters. The first-order valence-electron chi connectivity index (χ1n) is 8.33. The molecule has 8 nitrogen and oxygen atoms in total. The molecule has 8 heteroatoms. The second-order valence-corrected chi connectivity index (χ2v) is 6.65. The molecule has 0 aromatic heterocycles. The van der Waals surface area contributed by atoms with Crippen molar-refractivity contribution in [2.45, 2.75) is 31.5 Å². The molecule has 4 rings (SSSR count). The normalized spacial score (nSPS) is 20.7. The Morgan fingerprint density at radius 2 is 1.92 bits per heavy atom. The Bertz CT molecular complexity index is 757. The van der Waals surface area contributed by atoms with Crippen molar-refractivity contribution >= 4 is 23.5 Å². The number of imide groups is 1. The largest absolute Gasteiger partial charge is 0.448 e. The van der Waals surface area contributed by atoms with E-state index in [1.165, 1.54) is 11.9 Å². The van der Waals surface area contributed by atoms with Gasteiger partial charge in [0.1, 0.15) is 13.1 Å². The lowest BCUT2D eigenvalue weighted by atomic mass is 10.2. The van der Waals surface area contributed by atoms with Crippen LogP contribution >= 0.6 is 0 Å².